The molecule has 3 aromatic carbocycles. The van der Waals surface area contributed by atoms with Gasteiger partial charge in [-0.3, -0.25) is 0 Å². The number of oxazole rings is 1. The van der Waals surface area contributed by atoms with E-state index < -0.39 is 0 Å². The van der Waals surface area contributed by atoms with Crippen LogP contribution in [0.1, 0.15) is 0 Å². The van der Waals surface area contributed by atoms with E-state index in [1.807, 2.05) is 60.7 Å². The lowest BCUT2D eigenvalue weighted by Crippen LogP contribution is -1.84. The van der Waals surface area contributed by atoms with E-state index in [4.69, 9.17) is 10.2 Å². The third kappa shape index (κ3) is 2.68. The van der Waals surface area contributed by atoms with Crippen molar-refractivity contribution in [2.24, 2.45) is 0 Å². The molecule has 2 N–H and O–H groups in total. The maximum absolute atomic E-state index is 6.01. The van der Waals surface area contributed by atoms with Gasteiger partial charge in [-0.25, -0.2) is 4.98 Å². The molecule has 3 nitrogen and oxygen atoms in total. The van der Waals surface area contributed by atoms with Gasteiger partial charge in [0, 0.05) is 16.8 Å². The molecule has 0 radical (unpaired) electrons. The highest BCUT2D eigenvalue weighted by atomic mass is 16.4. The summed E-state index contributed by atoms with van der Waals surface area (Å²) in [6, 6.07) is 25.9. The predicted octanol–water partition coefficient (Wildman–Crippen LogP) is 5.26. The smallest absolute Gasteiger partial charge is 0.227 e. The van der Waals surface area contributed by atoms with Crippen molar-refractivity contribution in [3.63, 3.8) is 0 Å². The summed E-state index contributed by atoms with van der Waals surface area (Å²) in [6.07, 6.45) is 1.75. The predicted molar refractivity (Wildman–Crippen MR) is 97.2 cm³/mol. The molecule has 0 saturated heterocycles. The van der Waals surface area contributed by atoms with Crippen molar-refractivity contribution in [3.8, 4) is 33.9 Å². The zero-order valence-corrected chi connectivity index (χ0v) is 13.0. The van der Waals surface area contributed by atoms with Crippen molar-refractivity contribution in [2.75, 3.05) is 5.73 Å². The van der Waals surface area contributed by atoms with E-state index in [0.29, 0.717) is 5.89 Å². The summed E-state index contributed by atoms with van der Waals surface area (Å²) < 4.78 is 6.01. The molecule has 0 bridgehead atoms. The van der Waals surface area contributed by atoms with Crippen molar-refractivity contribution in [2.45, 2.75) is 0 Å². The molecule has 0 spiro atoms. The topological polar surface area (TPSA) is 52.0 Å². The van der Waals surface area contributed by atoms with E-state index in [1.54, 1.807) is 6.20 Å². The first-order valence-electron chi connectivity index (χ1n) is 7.78. The van der Waals surface area contributed by atoms with Crippen molar-refractivity contribution in [1.29, 1.82) is 0 Å². The zero-order valence-electron chi connectivity index (χ0n) is 13.0. The number of anilines is 1. The molecule has 1 heterocycles. The van der Waals surface area contributed by atoms with Crippen LogP contribution < -0.4 is 5.73 Å². The van der Waals surface area contributed by atoms with Crippen LogP contribution in [0.3, 0.4) is 0 Å². The Labute approximate surface area is 140 Å². The molecule has 0 unspecified atom stereocenters. The van der Waals surface area contributed by atoms with Gasteiger partial charge in [-0.05, 0) is 41.5 Å². The van der Waals surface area contributed by atoms with Gasteiger partial charge in [-0.1, -0.05) is 48.5 Å². The molecule has 4 aromatic rings. The third-order valence-corrected chi connectivity index (χ3v) is 3.94. The molecule has 116 valence electrons. The Morgan fingerprint density at radius 3 is 2.08 bits per heavy atom. The van der Waals surface area contributed by atoms with Gasteiger partial charge in [-0.2, -0.15) is 0 Å². The summed E-state index contributed by atoms with van der Waals surface area (Å²) in [4.78, 5) is 4.47. The van der Waals surface area contributed by atoms with Gasteiger partial charge >= 0.3 is 0 Å². The minimum absolute atomic E-state index is 0.612. The molecule has 0 aliphatic rings. The van der Waals surface area contributed by atoms with Gasteiger partial charge in [0.15, 0.2) is 5.76 Å². The summed E-state index contributed by atoms with van der Waals surface area (Å²) in [7, 11) is 0. The normalized spacial score (nSPS) is 10.7. The second-order valence-corrected chi connectivity index (χ2v) is 5.56. The first-order chi connectivity index (χ1) is 11.8. The van der Waals surface area contributed by atoms with Crippen molar-refractivity contribution >= 4 is 5.69 Å². The largest absolute Gasteiger partial charge is 0.436 e. The maximum Gasteiger partial charge on any atom is 0.227 e. The standard InChI is InChI=1S/C21H16N2O/c22-17-12-10-16(11-13-17)20-14-23-21(24-20)19-9-5-4-8-18(19)15-6-2-1-3-7-15/h1-14H,22H2. The molecule has 24 heavy (non-hydrogen) atoms. The Balaban J connectivity index is 1.77. The molecule has 0 aliphatic carbocycles. The summed E-state index contributed by atoms with van der Waals surface area (Å²) in [5, 5.41) is 0. The average molecular weight is 312 g/mol. The summed E-state index contributed by atoms with van der Waals surface area (Å²) in [6.45, 7) is 0. The van der Waals surface area contributed by atoms with Gasteiger partial charge in [0.25, 0.3) is 0 Å². The number of benzene rings is 3. The quantitative estimate of drug-likeness (QED) is 0.525. The van der Waals surface area contributed by atoms with Crippen LogP contribution >= 0.6 is 0 Å². The Bertz CT molecular complexity index is 957. The second-order valence-electron chi connectivity index (χ2n) is 5.56. The summed E-state index contributed by atoms with van der Waals surface area (Å²) in [5.74, 6) is 1.34. The van der Waals surface area contributed by atoms with Gasteiger partial charge < -0.3 is 10.2 Å². The molecule has 0 saturated carbocycles. The molecular weight excluding hydrogens is 296 g/mol. The highest BCUT2D eigenvalue weighted by molar-refractivity contribution is 5.80. The van der Waals surface area contributed by atoms with Crippen molar-refractivity contribution < 1.29 is 4.42 Å². The van der Waals surface area contributed by atoms with Crippen LogP contribution in [0.15, 0.2) is 89.5 Å². The lowest BCUT2D eigenvalue weighted by atomic mass is 10.00. The van der Waals surface area contributed by atoms with E-state index in [9.17, 15) is 0 Å². The number of nitrogens with zero attached hydrogens (tertiary/aromatic N) is 1. The van der Waals surface area contributed by atoms with Crippen LogP contribution in [-0.4, -0.2) is 4.98 Å². The van der Waals surface area contributed by atoms with Gasteiger partial charge in [0.2, 0.25) is 5.89 Å². The Morgan fingerprint density at radius 1 is 0.667 bits per heavy atom. The minimum atomic E-state index is 0.612. The van der Waals surface area contributed by atoms with Crippen LogP contribution in [-0.2, 0) is 0 Å². The van der Waals surface area contributed by atoms with E-state index in [2.05, 4.69) is 23.2 Å². The number of aromatic nitrogens is 1. The molecule has 0 atom stereocenters. The van der Waals surface area contributed by atoms with Crippen LogP contribution in [0.4, 0.5) is 5.69 Å². The second kappa shape index (κ2) is 6.05. The monoisotopic (exact) mass is 312 g/mol. The number of nitrogens with two attached hydrogens (primary N) is 1. The van der Waals surface area contributed by atoms with Crippen LogP contribution in [0.25, 0.3) is 33.9 Å². The van der Waals surface area contributed by atoms with Crippen molar-refractivity contribution in [3.05, 3.63) is 85.1 Å². The molecular formula is C21H16N2O. The molecule has 1 aromatic heterocycles. The zero-order chi connectivity index (χ0) is 16.4. The fourth-order valence-corrected chi connectivity index (χ4v) is 2.72. The lowest BCUT2D eigenvalue weighted by Gasteiger charge is -2.06. The van der Waals surface area contributed by atoms with E-state index in [-0.39, 0.29) is 0 Å². The number of nitrogen functional groups attached to an aromatic ring is 1. The van der Waals surface area contributed by atoms with E-state index >= 15 is 0 Å². The third-order valence-electron chi connectivity index (χ3n) is 3.94. The van der Waals surface area contributed by atoms with Gasteiger partial charge in [-0.15, -0.1) is 0 Å². The highest BCUT2D eigenvalue weighted by Gasteiger charge is 2.13. The SMILES string of the molecule is Nc1ccc(-c2cnc(-c3ccccc3-c3ccccc3)o2)cc1. The molecule has 4 rings (SSSR count). The molecule has 0 fully saturated rings. The molecule has 0 amide bonds. The van der Waals surface area contributed by atoms with Crippen LogP contribution in [0.2, 0.25) is 0 Å². The fourth-order valence-electron chi connectivity index (χ4n) is 2.72. The highest BCUT2D eigenvalue weighted by Crippen LogP contribution is 2.33. The van der Waals surface area contributed by atoms with Gasteiger partial charge in [0.05, 0.1) is 6.20 Å². The van der Waals surface area contributed by atoms with Crippen LogP contribution in [0.5, 0.6) is 0 Å². The first kappa shape index (κ1) is 14.3. The average Bonchev–Trinajstić information content (AvgIpc) is 3.13. The minimum Gasteiger partial charge on any atom is -0.436 e. The van der Waals surface area contributed by atoms with E-state index in [0.717, 1.165) is 33.7 Å². The number of rotatable bonds is 3. The Morgan fingerprint density at radius 2 is 1.33 bits per heavy atom. The first-order valence-corrected chi connectivity index (χ1v) is 7.78. The molecule has 3 heteroatoms. The van der Waals surface area contributed by atoms with Gasteiger partial charge in [0.1, 0.15) is 0 Å². The fraction of sp³-hybridized carbons (Fsp3) is 0. The van der Waals surface area contributed by atoms with E-state index in [1.165, 1.54) is 0 Å². The summed E-state index contributed by atoms with van der Waals surface area (Å²) in [5.41, 5.74) is 10.6. The number of hydrogen-bond donors (Lipinski definition) is 1. The summed E-state index contributed by atoms with van der Waals surface area (Å²) >= 11 is 0. The maximum atomic E-state index is 6.01. The number of hydrogen-bond acceptors (Lipinski definition) is 3. The molecule has 0 aliphatic heterocycles. The van der Waals surface area contributed by atoms with Crippen LogP contribution in [0, 0.1) is 0 Å². The Hall–Kier alpha value is -3.33. The van der Waals surface area contributed by atoms with Crippen molar-refractivity contribution in [1.82, 2.24) is 4.98 Å². The Kier molecular flexibility index (Phi) is 3.60. The lowest BCUT2D eigenvalue weighted by molar-refractivity contribution is 0.589.